The summed E-state index contributed by atoms with van der Waals surface area (Å²) in [5.74, 6) is 1.09. The standard InChI is InChI=1S/C14H24N4/c1-2-5-13(15)12-17-8-10-18(11-9-17)14-6-3-4-7-16-14/h3-4,6-7,13H,2,5,8-12,15H2,1H3. The first-order valence-electron chi connectivity index (χ1n) is 6.93. The number of hydrogen-bond donors (Lipinski definition) is 1. The lowest BCUT2D eigenvalue weighted by atomic mass is 10.1. The molecule has 0 amide bonds. The van der Waals surface area contributed by atoms with E-state index in [4.69, 9.17) is 5.73 Å². The smallest absolute Gasteiger partial charge is 0.128 e. The Balaban J connectivity index is 1.78. The summed E-state index contributed by atoms with van der Waals surface area (Å²) in [7, 11) is 0. The lowest BCUT2D eigenvalue weighted by molar-refractivity contribution is 0.238. The molecule has 100 valence electrons. The van der Waals surface area contributed by atoms with Crippen LogP contribution >= 0.6 is 0 Å². The first-order valence-corrected chi connectivity index (χ1v) is 6.93. The zero-order chi connectivity index (χ0) is 12.8. The van der Waals surface area contributed by atoms with Crippen molar-refractivity contribution in [2.24, 2.45) is 5.73 Å². The molecule has 2 rings (SSSR count). The van der Waals surface area contributed by atoms with Crippen LogP contribution in [-0.4, -0.2) is 48.6 Å². The molecule has 0 bridgehead atoms. The largest absolute Gasteiger partial charge is 0.354 e. The van der Waals surface area contributed by atoms with Crippen LogP contribution in [-0.2, 0) is 0 Å². The minimum Gasteiger partial charge on any atom is -0.354 e. The summed E-state index contributed by atoms with van der Waals surface area (Å²) in [6, 6.07) is 6.42. The average molecular weight is 248 g/mol. The summed E-state index contributed by atoms with van der Waals surface area (Å²) in [5.41, 5.74) is 6.09. The fourth-order valence-corrected chi connectivity index (χ4v) is 2.49. The molecule has 1 atom stereocenters. The summed E-state index contributed by atoms with van der Waals surface area (Å²) in [6.45, 7) is 7.51. The molecule has 1 saturated heterocycles. The third kappa shape index (κ3) is 3.68. The molecule has 2 heterocycles. The van der Waals surface area contributed by atoms with Gasteiger partial charge in [0, 0.05) is 45.0 Å². The van der Waals surface area contributed by atoms with Gasteiger partial charge in [-0.2, -0.15) is 0 Å². The zero-order valence-corrected chi connectivity index (χ0v) is 11.3. The molecule has 1 aromatic heterocycles. The van der Waals surface area contributed by atoms with Crippen molar-refractivity contribution in [1.29, 1.82) is 0 Å². The zero-order valence-electron chi connectivity index (χ0n) is 11.3. The van der Waals surface area contributed by atoms with E-state index in [9.17, 15) is 0 Å². The van der Waals surface area contributed by atoms with Gasteiger partial charge in [-0.3, -0.25) is 4.90 Å². The van der Waals surface area contributed by atoms with E-state index in [2.05, 4.69) is 27.8 Å². The Morgan fingerprint density at radius 2 is 2.06 bits per heavy atom. The molecule has 2 N–H and O–H groups in total. The summed E-state index contributed by atoms with van der Waals surface area (Å²) in [6.07, 6.45) is 4.16. The van der Waals surface area contributed by atoms with Crippen molar-refractivity contribution in [2.45, 2.75) is 25.8 Å². The van der Waals surface area contributed by atoms with Crippen LogP contribution in [0.15, 0.2) is 24.4 Å². The van der Waals surface area contributed by atoms with E-state index in [0.717, 1.165) is 45.0 Å². The molecule has 4 nitrogen and oxygen atoms in total. The predicted octanol–water partition coefficient (Wildman–Crippen LogP) is 1.33. The van der Waals surface area contributed by atoms with Crippen LogP contribution in [0.4, 0.5) is 5.82 Å². The van der Waals surface area contributed by atoms with Gasteiger partial charge in [-0.25, -0.2) is 4.98 Å². The van der Waals surface area contributed by atoms with E-state index >= 15 is 0 Å². The molecule has 1 aromatic rings. The first kappa shape index (κ1) is 13.3. The van der Waals surface area contributed by atoms with E-state index in [1.807, 2.05) is 18.3 Å². The Morgan fingerprint density at radius 3 is 2.67 bits per heavy atom. The SMILES string of the molecule is CCCC(N)CN1CCN(c2ccccn2)CC1. The van der Waals surface area contributed by atoms with Crippen molar-refractivity contribution in [3.8, 4) is 0 Å². The van der Waals surface area contributed by atoms with Crippen LogP contribution in [0, 0.1) is 0 Å². The Labute approximate surface area is 110 Å². The van der Waals surface area contributed by atoms with Crippen LogP contribution in [0.25, 0.3) is 0 Å². The fourth-order valence-electron chi connectivity index (χ4n) is 2.49. The highest BCUT2D eigenvalue weighted by Gasteiger charge is 2.18. The second-order valence-corrected chi connectivity index (χ2v) is 5.02. The summed E-state index contributed by atoms with van der Waals surface area (Å²) in [4.78, 5) is 9.22. The maximum Gasteiger partial charge on any atom is 0.128 e. The first-order chi connectivity index (χ1) is 8.79. The summed E-state index contributed by atoms with van der Waals surface area (Å²) >= 11 is 0. The van der Waals surface area contributed by atoms with Gasteiger partial charge in [0.15, 0.2) is 0 Å². The lowest BCUT2D eigenvalue weighted by Gasteiger charge is -2.36. The molecule has 0 radical (unpaired) electrons. The van der Waals surface area contributed by atoms with Gasteiger partial charge in [-0.05, 0) is 18.6 Å². The van der Waals surface area contributed by atoms with E-state index < -0.39 is 0 Å². The van der Waals surface area contributed by atoms with Crippen LogP contribution < -0.4 is 10.6 Å². The van der Waals surface area contributed by atoms with Crippen molar-refractivity contribution in [3.63, 3.8) is 0 Å². The average Bonchev–Trinajstić information content (AvgIpc) is 2.41. The molecular formula is C14H24N4. The number of hydrogen-bond acceptors (Lipinski definition) is 4. The van der Waals surface area contributed by atoms with E-state index in [0.29, 0.717) is 6.04 Å². The maximum atomic E-state index is 6.09. The molecule has 18 heavy (non-hydrogen) atoms. The van der Waals surface area contributed by atoms with Gasteiger partial charge >= 0.3 is 0 Å². The third-order valence-electron chi connectivity index (χ3n) is 3.50. The minimum absolute atomic E-state index is 0.330. The third-order valence-corrected chi connectivity index (χ3v) is 3.50. The van der Waals surface area contributed by atoms with Crippen LogP contribution in [0.2, 0.25) is 0 Å². The molecule has 1 fully saturated rings. The van der Waals surface area contributed by atoms with Crippen LogP contribution in [0.5, 0.6) is 0 Å². The van der Waals surface area contributed by atoms with Gasteiger partial charge in [0.05, 0.1) is 0 Å². The lowest BCUT2D eigenvalue weighted by Crippen LogP contribution is -2.50. The maximum absolute atomic E-state index is 6.09. The predicted molar refractivity (Wildman–Crippen MR) is 75.8 cm³/mol. The highest BCUT2D eigenvalue weighted by molar-refractivity contribution is 5.38. The number of nitrogens with two attached hydrogens (primary N) is 1. The Bertz CT molecular complexity index is 333. The number of piperazine rings is 1. The Kier molecular flexibility index (Phi) is 4.96. The van der Waals surface area contributed by atoms with E-state index in [-0.39, 0.29) is 0 Å². The summed E-state index contributed by atoms with van der Waals surface area (Å²) in [5, 5.41) is 0. The van der Waals surface area contributed by atoms with Crippen LogP contribution in [0.3, 0.4) is 0 Å². The molecule has 4 heteroatoms. The quantitative estimate of drug-likeness (QED) is 0.854. The molecule has 1 aliphatic heterocycles. The van der Waals surface area contributed by atoms with Gasteiger partial charge in [0.25, 0.3) is 0 Å². The normalized spacial score (nSPS) is 18.9. The number of anilines is 1. The van der Waals surface area contributed by atoms with Crippen molar-refractivity contribution >= 4 is 5.82 Å². The second-order valence-electron chi connectivity index (χ2n) is 5.02. The van der Waals surface area contributed by atoms with Gasteiger partial charge in [-0.15, -0.1) is 0 Å². The summed E-state index contributed by atoms with van der Waals surface area (Å²) < 4.78 is 0. The van der Waals surface area contributed by atoms with Gasteiger partial charge in [0.2, 0.25) is 0 Å². The van der Waals surface area contributed by atoms with Crippen molar-refractivity contribution in [3.05, 3.63) is 24.4 Å². The molecule has 0 aliphatic carbocycles. The molecule has 1 aliphatic rings. The van der Waals surface area contributed by atoms with Crippen molar-refractivity contribution < 1.29 is 0 Å². The second kappa shape index (κ2) is 6.71. The molecule has 0 aromatic carbocycles. The van der Waals surface area contributed by atoms with E-state index in [1.54, 1.807) is 0 Å². The Morgan fingerprint density at radius 1 is 1.28 bits per heavy atom. The van der Waals surface area contributed by atoms with Gasteiger partial charge in [-0.1, -0.05) is 19.4 Å². The monoisotopic (exact) mass is 248 g/mol. The number of rotatable bonds is 5. The van der Waals surface area contributed by atoms with Crippen molar-refractivity contribution in [2.75, 3.05) is 37.6 Å². The van der Waals surface area contributed by atoms with E-state index in [1.165, 1.54) is 6.42 Å². The number of aromatic nitrogens is 1. The molecule has 0 saturated carbocycles. The molecule has 0 spiro atoms. The highest BCUT2D eigenvalue weighted by Crippen LogP contribution is 2.12. The van der Waals surface area contributed by atoms with Crippen LogP contribution in [0.1, 0.15) is 19.8 Å². The highest BCUT2D eigenvalue weighted by atomic mass is 15.3. The van der Waals surface area contributed by atoms with Gasteiger partial charge in [0.1, 0.15) is 5.82 Å². The number of pyridine rings is 1. The minimum atomic E-state index is 0.330. The molecular weight excluding hydrogens is 224 g/mol. The van der Waals surface area contributed by atoms with Gasteiger partial charge < -0.3 is 10.6 Å². The topological polar surface area (TPSA) is 45.4 Å². The van der Waals surface area contributed by atoms with Crippen molar-refractivity contribution in [1.82, 2.24) is 9.88 Å². The fraction of sp³-hybridized carbons (Fsp3) is 0.643. The number of nitrogens with zero attached hydrogens (tertiary/aromatic N) is 3. The molecule has 1 unspecified atom stereocenters. The Hall–Kier alpha value is -1.13.